The normalized spacial score (nSPS) is 21.8. The van der Waals surface area contributed by atoms with E-state index in [-0.39, 0.29) is 48.7 Å². The maximum absolute atomic E-state index is 12.8. The predicted molar refractivity (Wildman–Crippen MR) is 122 cm³/mol. The van der Waals surface area contributed by atoms with Gasteiger partial charge in [0.15, 0.2) is 0 Å². The van der Waals surface area contributed by atoms with Gasteiger partial charge in [0.05, 0.1) is 25.0 Å². The van der Waals surface area contributed by atoms with Gasteiger partial charge in [0.2, 0.25) is 11.8 Å². The zero-order valence-corrected chi connectivity index (χ0v) is 19.0. The van der Waals surface area contributed by atoms with Crippen molar-refractivity contribution in [1.82, 2.24) is 15.1 Å². The molecule has 2 heterocycles. The third kappa shape index (κ3) is 8.04. The lowest BCUT2D eigenvalue weighted by atomic mass is 9.96. The summed E-state index contributed by atoms with van der Waals surface area (Å²) in [7, 11) is 0. The van der Waals surface area contributed by atoms with Crippen LogP contribution in [-0.2, 0) is 20.9 Å². The van der Waals surface area contributed by atoms with Gasteiger partial charge in [0.25, 0.3) is 0 Å². The molecule has 9 heteroatoms. The summed E-state index contributed by atoms with van der Waals surface area (Å²) in [6, 6.07) is 10.4. The fraction of sp³-hybridized carbons (Fsp3) is 0.619. The van der Waals surface area contributed by atoms with Gasteiger partial charge in [-0.1, -0.05) is 30.3 Å². The Morgan fingerprint density at radius 1 is 1.13 bits per heavy atom. The largest absolute Gasteiger partial charge is 0.375 e. The molecule has 7 nitrogen and oxygen atoms in total. The highest BCUT2D eigenvalue weighted by Crippen LogP contribution is 2.19. The summed E-state index contributed by atoms with van der Waals surface area (Å²) in [5.74, 6) is -0.0418. The van der Waals surface area contributed by atoms with E-state index in [4.69, 9.17) is 10.5 Å². The number of benzene rings is 1. The molecule has 0 saturated carbocycles. The van der Waals surface area contributed by atoms with Crippen LogP contribution in [0.15, 0.2) is 30.3 Å². The van der Waals surface area contributed by atoms with Gasteiger partial charge in [-0.2, -0.15) is 0 Å². The van der Waals surface area contributed by atoms with Crippen LogP contribution < -0.4 is 11.1 Å². The lowest BCUT2D eigenvalue weighted by molar-refractivity contribution is -0.139. The van der Waals surface area contributed by atoms with E-state index in [9.17, 15) is 9.59 Å². The zero-order valence-electron chi connectivity index (χ0n) is 17.3. The number of carbonyl (C=O) groups is 2. The molecule has 2 amide bonds. The van der Waals surface area contributed by atoms with Crippen LogP contribution in [0.1, 0.15) is 24.8 Å². The molecule has 2 unspecified atom stereocenters. The van der Waals surface area contributed by atoms with Crippen molar-refractivity contribution < 1.29 is 14.3 Å². The fourth-order valence-corrected chi connectivity index (χ4v) is 3.97. The maximum Gasteiger partial charge on any atom is 0.225 e. The number of hydrogen-bond donors (Lipinski definition) is 2. The summed E-state index contributed by atoms with van der Waals surface area (Å²) >= 11 is 0. The highest BCUT2D eigenvalue weighted by Gasteiger charge is 2.30. The topological polar surface area (TPSA) is 87.9 Å². The van der Waals surface area contributed by atoms with E-state index in [0.29, 0.717) is 32.7 Å². The molecule has 0 radical (unpaired) electrons. The van der Waals surface area contributed by atoms with E-state index in [0.717, 1.165) is 39.0 Å². The van der Waals surface area contributed by atoms with Crippen LogP contribution in [0.25, 0.3) is 0 Å². The summed E-state index contributed by atoms with van der Waals surface area (Å²) in [5.41, 5.74) is 6.72. The van der Waals surface area contributed by atoms with Crippen molar-refractivity contribution in [3.63, 3.8) is 0 Å². The Labute approximate surface area is 191 Å². The third-order valence-electron chi connectivity index (χ3n) is 5.46. The molecule has 30 heavy (non-hydrogen) atoms. The van der Waals surface area contributed by atoms with Crippen molar-refractivity contribution in [2.45, 2.75) is 31.9 Å². The van der Waals surface area contributed by atoms with Crippen LogP contribution in [0.4, 0.5) is 0 Å². The molecule has 1 aromatic carbocycles. The Balaban J connectivity index is 0.00000225. The van der Waals surface area contributed by atoms with Gasteiger partial charge in [-0.3, -0.25) is 14.5 Å². The quantitative estimate of drug-likeness (QED) is 0.642. The van der Waals surface area contributed by atoms with Gasteiger partial charge in [-0.25, -0.2) is 0 Å². The molecule has 0 aliphatic carbocycles. The molecule has 0 spiro atoms. The smallest absolute Gasteiger partial charge is 0.225 e. The van der Waals surface area contributed by atoms with Gasteiger partial charge in [-0.05, 0) is 18.4 Å². The Morgan fingerprint density at radius 3 is 2.63 bits per heavy atom. The van der Waals surface area contributed by atoms with Crippen LogP contribution in [0.2, 0.25) is 0 Å². The Kier molecular flexibility index (Phi) is 12.3. The van der Waals surface area contributed by atoms with Crippen molar-refractivity contribution in [2.75, 3.05) is 45.9 Å². The molecule has 3 N–H and O–H groups in total. The average Bonchev–Trinajstić information content (AvgIpc) is 2.73. The van der Waals surface area contributed by atoms with Gasteiger partial charge in [0.1, 0.15) is 0 Å². The summed E-state index contributed by atoms with van der Waals surface area (Å²) in [4.78, 5) is 29.2. The van der Waals surface area contributed by atoms with Crippen molar-refractivity contribution in [3.05, 3.63) is 35.9 Å². The maximum atomic E-state index is 12.8. The monoisotopic (exact) mass is 460 g/mol. The molecular formula is C21H34Cl2N4O3. The van der Waals surface area contributed by atoms with E-state index in [1.165, 1.54) is 5.56 Å². The first kappa shape index (κ1) is 26.7. The number of ether oxygens (including phenoxy) is 1. The molecule has 170 valence electrons. The number of nitrogens with zero attached hydrogens (tertiary/aromatic N) is 2. The van der Waals surface area contributed by atoms with E-state index in [2.05, 4.69) is 22.3 Å². The number of likely N-dealkylation sites (tertiary alicyclic amines) is 1. The Hall–Kier alpha value is -1.38. The summed E-state index contributed by atoms with van der Waals surface area (Å²) in [6.07, 6.45) is 1.97. The van der Waals surface area contributed by atoms with Crippen LogP contribution in [0.5, 0.6) is 0 Å². The van der Waals surface area contributed by atoms with Crippen LogP contribution in [0.3, 0.4) is 0 Å². The minimum atomic E-state index is -0.133. The number of nitrogens with two attached hydrogens (primary N) is 1. The molecule has 1 aromatic rings. The van der Waals surface area contributed by atoms with E-state index >= 15 is 0 Å². The molecule has 2 atom stereocenters. The minimum absolute atomic E-state index is 0. The molecule has 2 aliphatic rings. The predicted octanol–water partition coefficient (Wildman–Crippen LogP) is 1.43. The second kappa shape index (κ2) is 13.8. The van der Waals surface area contributed by atoms with Crippen molar-refractivity contribution in [3.8, 4) is 0 Å². The first-order valence-electron chi connectivity index (χ1n) is 10.3. The SMILES string of the molecule is Cl.Cl.NCCNC(=O)C1CCCN(C(=O)CC2CN(Cc3ccccc3)CCO2)C1. The van der Waals surface area contributed by atoms with E-state index in [1.54, 1.807) is 0 Å². The van der Waals surface area contributed by atoms with Gasteiger partial charge < -0.3 is 20.7 Å². The number of hydrogen-bond acceptors (Lipinski definition) is 5. The van der Waals surface area contributed by atoms with E-state index < -0.39 is 0 Å². The molecular weight excluding hydrogens is 427 g/mol. The molecule has 3 rings (SSSR count). The first-order valence-corrected chi connectivity index (χ1v) is 10.3. The van der Waals surface area contributed by atoms with Crippen molar-refractivity contribution in [1.29, 1.82) is 0 Å². The molecule has 2 fully saturated rings. The fourth-order valence-electron chi connectivity index (χ4n) is 3.97. The molecule has 2 aliphatic heterocycles. The second-order valence-corrected chi connectivity index (χ2v) is 7.68. The first-order chi connectivity index (χ1) is 13.7. The summed E-state index contributed by atoms with van der Waals surface area (Å²) < 4.78 is 5.85. The van der Waals surface area contributed by atoms with E-state index in [1.807, 2.05) is 23.1 Å². The van der Waals surface area contributed by atoms with Crippen LogP contribution in [0, 0.1) is 5.92 Å². The number of amides is 2. The standard InChI is InChI=1S/C21H32N4O3.2ClH/c22-8-9-23-21(27)18-7-4-10-25(15-18)20(26)13-19-16-24(11-12-28-19)14-17-5-2-1-3-6-17;;/h1-3,5-6,18-19H,4,7-16,22H2,(H,23,27);2*1H. The molecule has 0 aromatic heterocycles. The van der Waals surface area contributed by atoms with Gasteiger partial charge in [0, 0.05) is 45.8 Å². The average molecular weight is 461 g/mol. The highest BCUT2D eigenvalue weighted by atomic mass is 35.5. The summed E-state index contributed by atoms with van der Waals surface area (Å²) in [6.45, 7) is 5.30. The molecule has 0 bridgehead atoms. The van der Waals surface area contributed by atoms with Crippen molar-refractivity contribution in [2.24, 2.45) is 11.7 Å². The Morgan fingerprint density at radius 2 is 1.90 bits per heavy atom. The minimum Gasteiger partial charge on any atom is -0.375 e. The lowest BCUT2D eigenvalue weighted by Crippen LogP contribution is -2.48. The van der Waals surface area contributed by atoms with Crippen LogP contribution >= 0.6 is 24.8 Å². The number of piperidine rings is 1. The second-order valence-electron chi connectivity index (χ2n) is 7.68. The van der Waals surface area contributed by atoms with Crippen LogP contribution in [-0.4, -0.2) is 73.6 Å². The zero-order chi connectivity index (χ0) is 19.8. The molecule has 2 saturated heterocycles. The summed E-state index contributed by atoms with van der Waals surface area (Å²) in [5, 5.41) is 2.84. The third-order valence-corrected chi connectivity index (χ3v) is 5.46. The van der Waals surface area contributed by atoms with Gasteiger partial charge in [-0.15, -0.1) is 24.8 Å². The number of halogens is 2. The number of carbonyl (C=O) groups excluding carboxylic acids is 2. The Bertz CT molecular complexity index is 650. The number of nitrogens with one attached hydrogen (secondary N) is 1. The lowest BCUT2D eigenvalue weighted by Gasteiger charge is -2.36. The van der Waals surface area contributed by atoms with Gasteiger partial charge >= 0.3 is 0 Å². The number of morpholine rings is 1. The number of rotatable bonds is 7. The highest BCUT2D eigenvalue weighted by molar-refractivity contribution is 5.85. The van der Waals surface area contributed by atoms with Crippen molar-refractivity contribution >= 4 is 36.6 Å².